The summed E-state index contributed by atoms with van der Waals surface area (Å²) in [6, 6.07) is 7.73. The first-order chi connectivity index (χ1) is 9.25. The number of nitrogens with one attached hydrogen (secondary N) is 1. The summed E-state index contributed by atoms with van der Waals surface area (Å²) >= 11 is 0. The van der Waals surface area contributed by atoms with E-state index in [0.29, 0.717) is 23.2 Å². The highest BCUT2D eigenvalue weighted by Gasteiger charge is 2.64. The highest BCUT2D eigenvalue weighted by Crippen LogP contribution is 2.67. The van der Waals surface area contributed by atoms with Crippen molar-refractivity contribution >= 4 is 11.6 Å². The van der Waals surface area contributed by atoms with Crippen molar-refractivity contribution in [1.29, 1.82) is 0 Å². The molecule has 0 unspecified atom stereocenters. The summed E-state index contributed by atoms with van der Waals surface area (Å²) in [5.41, 5.74) is 8.26. The molecule has 1 saturated carbocycles. The largest absolute Gasteiger partial charge is 0.399 e. The number of rotatable bonds is 5. The van der Waals surface area contributed by atoms with Gasteiger partial charge in [0, 0.05) is 18.7 Å². The van der Waals surface area contributed by atoms with Gasteiger partial charge in [-0.1, -0.05) is 39.8 Å². The molecule has 1 amide bonds. The van der Waals surface area contributed by atoms with Crippen LogP contribution in [0.2, 0.25) is 0 Å². The first-order valence-electron chi connectivity index (χ1n) is 7.36. The van der Waals surface area contributed by atoms with E-state index in [-0.39, 0.29) is 5.91 Å². The number of carbonyl (C=O) groups is 1. The number of amides is 1. The van der Waals surface area contributed by atoms with Crippen molar-refractivity contribution in [2.45, 2.75) is 40.5 Å². The summed E-state index contributed by atoms with van der Waals surface area (Å²) in [4.78, 5) is 11.9. The molecule has 2 rings (SSSR count). The molecule has 1 fully saturated rings. The van der Waals surface area contributed by atoms with Gasteiger partial charge in [0.15, 0.2) is 0 Å². The van der Waals surface area contributed by atoms with E-state index < -0.39 is 0 Å². The maximum atomic E-state index is 11.9. The van der Waals surface area contributed by atoms with Gasteiger partial charge in [0.2, 0.25) is 5.91 Å². The van der Waals surface area contributed by atoms with Crippen LogP contribution in [-0.4, -0.2) is 12.5 Å². The summed E-state index contributed by atoms with van der Waals surface area (Å²) in [6.07, 6.45) is 1.27. The molecule has 0 spiro atoms. The Morgan fingerprint density at radius 3 is 2.45 bits per heavy atom. The molecule has 0 bridgehead atoms. The lowest BCUT2D eigenvalue weighted by Gasteiger charge is -2.07. The number of anilines is 1. The van der Waals surface area contributed by atoms with Crippen LogP contribution >= 0.6 is 0 Å². The van der Waals surface area contributed by atoms with E-state index in [1.165, 1.54) is 0 Å². The van der Waals surface area contributed by atoms with Crippen LogP contribution in [0, 0.1) is 16.7 Å². The zero-order valence-corrected chi connectivity index (χ0v) is 13.0. The van der Waals surface area contributed by atoms with Gasteiger partial charge in [0.05, 0.1) is 0 Å². The van der Waals surface area contributed by atoms with Gasteiger partial charge in [-0.05, 0) is 40.9 Å². The van der Waals surface area contributed by atoms with Crippen molar-refractivity contribution in [3.63, 3.8) is 0 Å². The van der Waals surface area contributed by atoms with E-state index in [9.17, 15) is 4.79 Å². The SMILES string of the molecule is CC1(C)C(CNC(=O)CCc2cccc(N)c2)C1(C)C. The second-order valence-electron chi connectivity index (χ2n) is 7.05. The van der Waals surface area contributed by atoms with Crippen LogP contribution in [0.1, 0.15) is 39.7 Å². The number of aryl methyl sites for hydroxylation is 1. The molecule has 1 aromatic carbocycles. The van der Waals surface area contributed by atoms with Crippen molar-refractivity contribution in [2.75, 3.05) is 12.3 Å². The molecule has 1 aliphatic carbocycles. The van der Waals surface area contributed by atoms with Crippen LogP contribution in [0.5, 0.6) is 0 Å². The molecule has 0 aliphatic heterocycles. The third kappa shape index (κ3) is 2.82. The van der Waals surface area contributed by atoms with Gasteiger partial charge in [-0.2, -0.15) is 0 Å². The molecular formula is C17H26N2O. The molecular weight excluding hydrogens is 248 g/mol. The molecule has 3 heteroatoms. The molecule has 1 aromatic rings. The monoisotopic (exact) mass is 274 g/mol. The average Bonchev–Trinajstić information content (AvgIpc) is 2.75. The third-order valence-corrected chi connectivity index (χ3v) is 5.41. The Hall–Kier alpha value is -1.51. The minimum Gasteiger partial charge on any atom is -0.399 e. The maximum absolute atomic E-state index is 11.9. The second-order valence-corrected chi connectivity index (χ2v) is 7.05. The maximum Gasteiger partial charge on any atom is 0.220 e. The van der Waals surface area contributed by atoms with Crippen molar-refractivity contribution in [2.24, 2.45) is 16.7 Å². The summed E-state index contributed by atoms with van der Waals surface area (Å²) in [5, 5.41) is 3.07. The average molecular weight is 274 g/mol. The fraction of sp³-hybridized carbons (Fsp3) is 0.588. The first-order valence-corrected chi connectivity index (χ1v) is 7.36. The van der Waals surface area contributed by atoms with E-state index in [1.807, 2.05) is 24.3 Å². The fourth-order valence-electron chi connectivity index (χ4n) is 3.15. The van der Waals surface area contributed by atoms with E-state index in [1.54, 1.807) is 0 Å². The number of nitrogens with two attached hydrogens (primary N) is 1. The molecule has 3 N–H and O–H groups in total. The molecule has 0 aromatic heterocycles. The third-order valence-electron chi connectivity index (χ3n) is 5.41. The van der Waals surface area contributed by atoms with Gasteiger partial charge in [-0.25, -0.2) is 0 Å². The van der Waals surface area contributed by atoms with Crippen molar-refractivity contribution in [1.82, 2.24) is 5.32 Å². The van der Waals surface area contributed by atoms with Crippen LogP contribution in [0.15, 0.2) is 24.3 Å². The Balaban J connectivity index is 1.75. The number of nitrogen functional groups attached to an aromatic ring is 1. The number of hydrogen-bond acceptors (Lipinski definition) is 2. The molecule has 0 radical (unpaired) electrons. The van der Waals surface area contributed by atoms with Gasteiger partial charge < -0.3 is 11.1 Å². The lowest BCUT2D eigenvalue weighted by Crippen LogP contribution is -2.27. The number of hydrogen-bond donors (Lipinski definition) is 2. The summed E-state index contributed by atoms with van der Waals surface area (Å²) in [7, 11) is 0. The van der Waals surface area contributed by atoms with E-state index in [4.69, 9.17) is 5.73 Å². The van der Waals surface area contributed by atoms with E-state index in [2.05, 4.69) is 33.0 Å². The molecule has 0 saturated heterocycles. The standard InChI is InChI=1S/C17H26N2O/c1-16(2)14(17(16,3)4)11-19-15(20)9-8-12-6-5-7-13(18)10-12/h5-7,10,14H,8-9,11,18H2,1-4H3,(H,19,20). The highest BCUT2D eigenvalue weighted by atomic mass is 16.1. The lowest BCUT2D eigenvalue weighted by atomic mass is 10.0. The Labute approximate surface area is 121 Å². The Bertz CT molecular complexity index is 491. The zero-order valence-electron chi connectivity index (χ0n) is 13.0. The number of carbonyl (C=O) groups excluding carboxylic acids is 1. The summed E-state index contributed by atoms with van der Waals surface area (Å²) in [6.45, 7) is 9.88. The smallest absolute Gasteiger partial charge is 0.220 e. The molecule has 1 aliphatic rings. The Morgan fingerprint density at radius 1 is 1.25 bits per heavy atom. The quantitative estimate of drug-likeness (QED) is 0.811. The minimum atomic E-state index is 0.130. The molecule has 3 nitrogen and oxygen atoms in total. The van der Waals surface area contributed by atoms with Gasteiger partial charge in [0.25, 0.3) is 0 Å². The predicted octanol–water partition coefficient (Wildman–Crippen LogP) is 3.00. The van der Waals surface area contributed by atoms with Crippen molar-refractivity contribution < 1.29 is 4.79 Å². The van der Waals surface area contributed by atoms with Crippen molar-refractivity contribution in [3.05, 3.63) is 29.8 Å². The first kappa shape index (κ1) is 14.9. The topological polar surface area (TPSA) is 55.1 Å². The zero-order chi connectivity index (χ0) is 15.0. The van der Waals surface area contributed by atoms with Crippen LogP contribution in [-0.2, 0) is 11.2 Å². The van der Waals surface area contributed by atoms with Gasteiger partial charge >= 0.3 is 0 Å². The Kier molecular flexibility index (Phi) is 3.81. The Morgan fingerprint density at radius 2 is 1.90 bits per heavy atom. The predicted molar refractivity (Wildman–Crippen MR) is 83.2 cm³/mol. The molecule has 20 heavy (non-hydrogen) atoms. The van der Waals surface area contributed by atoms with Gasteiger partial charge in [-0.3, -0.25) is 4.79 Å². The minimum absolute atomic E-state index is 0.130. The van der Waals surface area contributed by atoms with Crippen LogP contribution < -0.4 is 11.1 Å². The second kappa shape index (κ2) is 5.12. The fourth-order valence-corrected chi connectivity index (χ4v) is 3.15. The van der Waals surface area contributed by atoms with E-state index in [0.717, 1.165) is 24.2 Å². The van der Waals surface area contributed by atoms with Crippen LogP contribution in [0.3, 0.4) is 0 Å². The molecule has 110 valence electrons. The molecule has 0 heterocycles. The van der Waals surface area contributed by atoms with E-state index >= 15 is 0 Å². The summed E-state index contributed by atoms with van der Waals surface area (Å²) in [5.74, 6) is 0.706. The van der Waals surface area contributed by atoms with Crippen molar-refractivity contribution in [3.8, 4) is 0 Å². The normalized spacial score (nSPS) is 19.6. The van der Waals surface area contributed by atoms with Gasteiger partial charge in [-0.15, -0.1) is 0 Å². The molecule has 0 atom stereocenters. The van der Waals surface area contributed by atoms with Crippen LogP contribution in [0.4, 0.5) is 5.69 Å². The summed E-state index contributed by atoms with van der Waals surface area (Å²) < 4.78 is 0. The highest BCUT2D eigenvalue weighted by molar-refractivity contribution is 5.76. The van der Waals surface area contributed by atoms with Gasteiger partial charge in [0.1, 0.15) is 0 Å². The lowest BCUT2D eigenvalue weighted by molar-refractivity contribution is -0.121. The van der Waals surface area contributed by atoms with Crippen LogP contribution in [0.25, 0.3) is 0 Å². The number of benzene rings is 1.